The Bertz CT molecular complexity index is 456. The minimum Gasteiger partial charge on any atom is -0.496 e. The van der Waals surface area contributed by atoms with Gasteiger partial charge in [0.05, 0.1) is 19.8 Å². The van der Waals surface area contributed by atoms with E-state index in [0.717, 1.165) is 36.8 Å². The number of carbonyl (C=O) groups excluding carboxylic acids is 1. The first-order chi connectivity index (χ1) is 10.6. The molecule has 1 N–H and O–H groups in total. The number of esters is 1. The van der Waals surface area contributed by atoms with Gasteiger partial charge in [-0.3, -0.25) is 4.79 Å². The van der Waals surface area contributed by atoms with Crippen LogP contribution in [-0.2, 0) is 16.0 Å². The summed E-state index contributed by atoms with van der Waals surface area (Å²) < 4.78 is 10.3. The number of aliphatic hydroxyl groups excluding tert-OH is 1. The zero-order valence-corrected chi connectivity index (χ0v) is 13.9. The number of unbranched alkanes of at least 4 members (excludes halogenated alkanes) is 2. The van der Waals surface area contributed by atoms with Gasteiger partial charge in [-0.25, -0.2) is 0 Å². The van der Waals surface area contributed by atoms with Crippen molar-refractivity contribution in [3.05, 3.63) is 29.3 Å². The molecular formula is C18H28O4. The minimum absolute atomic E-state index is 0.191. The summed E-state index contributed by atoms with van der Waals surface area (Å²) in [6.45, 7) is 4.35. The number of hydrogen-bond acceptors (Lipinski definition) is 4. The lowest BCUT2D eigenvalue weighted by Crippen LogP contribution is -2.06. The highest BCUT2D eigenvalue weighted by atomic mass is 16.5. The van der Waals surface area contributed by atoms with E-state index >= 15 is 0 Å². The molecule has 0 bridgehead atoms. The van der Waals surface area contributed by atoms with Crippen molar-refractivity contribution < 1.29 is 19.4 Å². The quantitative estimate of drug-likeness (QED) is 0.527. The topological polar surface area (TPSA) is 55.8 Å². The van der Waals surface area contributed by atoms with Crippen molar-refractivity contribution in [1.82, 2.24) is 0 Å². The normalized spacial score (nSPS) is 12.0. The van der Waals surface area contributed by atoms with E-state index in [4.69, 9.17) is 9.47 Å². The lowest BCUT2D eigenvalue weighted by Gasteiger charge is -2.16. The highest BCUT2D eigenvalue weighted by molar-refractivity contribution is 5.69. The molecule has 1 atom stereocenters. The Morgan fingerprint density at radius 3 is 2.68 bits per heavy atom. The number of aryl methyl sites for hydroxylation is 1. The third-order valence-corrected chi connectivity index (χ3v) is 3.66. The van der Waals surface area contributed by atoms with Crippen LogP contribution in [0, 0.1) is 0 Å². The second kappa shape index (κ2) is 10.2. The molecule has 0 spiro atoms. The highest BCUT2D eigenvalue weighted by Crippen LogP contribution is 2.30. The van der Waals surface area contributed by atoms with Crippen molar-refractivity contribution in [2.75, 3.05) is 13.7 Å². The predicted octanol–water partition coefficient (Wildman–Crippen LogP) is 3.80. The Hall–Kier alpha value is -1.55. The molecule has 22 heavy (non-hydrogen) atoms. The van der Waals surface area contributed by atoms with Crippen LogP contribution in [0.25, 0.3) is 0 Å². The molecule has 0 amide bonds. The van der Waals surface area contributed by atoms with E-state index in [1.54, 1.807) is 14.0 Å². The van der Waals surface area contributed by atoms with E-state index in [9.17, 15) is 9.90 Å². The first-order valence-corrected chi connectivity index (χ1v) is 8.12. The molecular weight excluding hydrogens is 280 g/mol. The Balaban J connectivity index is 2.73. The second-order valence-electron chi connectivity index (χ2n) is 5.39. The maximum absolute atomic E-state index is 11.4. The third-order valence-electron chi connectivity index (χ3n) is 3.66. The van der Waals surface area contributed by atoms with Crippen LogP contribution in [0.15, 0.2) is 18.2 Å². The molecule has 0 heterocycles. The van der Waals surface area contributed by atoms with Gasteiger partial charge < -0.3 is 14.6 Å². The molecule has 1 unspecified atom stereocenters. The van der Waals surface area contributed by atoms with Crippen LogP contribution in [0.1, 0.15) is 63.2 Å². The molecule has 1 rings (SSSR count). The van der Waals surface area contributed by atoms with Gasteiger partial charge in [0.2, 0.25) is 0 Å². The summed E-state index contributed by atoms with van der Waals surface area (Å²) >= 11 is 0. The Labute approximate surface area is 133 Å². The van der Waals surface area contributed by atoms with Crippen molar-refractivity contribution in [1.29, 1.82) is 0 Å². The van der Waals surface area contributed by atoms with Crippen molar-refractivity contribution in [3.63, 3.8) is 0 Å². The molecule has 0 aliphatic heterocycles. The van der Waals surface area contributed by atoms with E-state index < -0.39 is 6.10 Å². The number of ether oxygens (including phenoxy) is 2. The number of rotatable bonds is 10. The molecule has 1 aromatic rings. The summed E-state index contributed by atoms with van der Waals surface area (Å²) in [5.41, 5.74) is 1.82. The summed E-state index contributed by atoms with van der Waals surface area (Å²) in [6.07, 6.45) is 4.40. The maximum atomic E-state index is 11.4. The van der Waals surface area contributed by atoms with E-state index in [2.05, 4.69) is 6.92 Å². The number of aliphatic hydroxyl groups is 1. The average molecular weight is 308 g/mol. The van der Waals surface area contributed by atoms with E-state index in [1.165, 1.54) is 0 Å². The molecule has 4 heteroatoms. The zero-order chi connectivity index (χ0) is 16.4. The van der Waals surface area contributed by atoms with Crippen LogP contribution < -0.4 is 4.74 Å². The number of hydrogen-bond donors (Lipinski definition) is 1. The fraction of sp³-hybridized carbons (Fsp3) is 0.611. The van der Waals surface area contributed by atoms with Gasteiger partial charge in [-0.1, -0.05) is 32.3 Å². The zero-order valence-electron chi connectivity index (χ0n) is 13.9. The van der Waals surface area contributed by atoms with Crippen molar-refractivity contribution >= 4 is 5.97 Å². The van der Waals surface area contributed by atoms with Gasteiger partial charge in [0.25, 0.3) is 0 Å². The first-order valence-electron chi connectivity index (χ1n) is 8.12. The summed E-state index contributed by atoms with van der Waals surface area (Å²) in [6, 6.07) is 5.73. The Morgan fingerprint density at radius 1 is 1.27 bits per heavy atom. The average Bonchev–Trinajstić information content (AvgIpc) is 2.53. The summed E-state index contributed by atoms with van der Waals surface area (Å²) in [4.78, 5) is 11.4. The summed E-state index contributed by atoms with van der Waals surface area (Å²) in [7, 11) is 1.61. The largest absolute Gasteiger partial charge is 0.496 e. The van der Waals surface area contributed by atoms with Crippen LogP contribution in [0.4, 0.5) is 0 Å². The van der Waals surface area contributed by atoms with Gasteiger partial charge in [-0.15, -0.1) is 0 Å². The van der Waals surface area contributed by atoms with Gasteiger partial charge in [-0.2, -0.15) is 0 Å². The monoisotopic (exact) mass is 308 g/mol. The van der Waals surface area contributed by atoms with Crippen LogP contribution in [-0.4, -0.2) is 24.8 Å². The molecule has 124 valence electrons. The third kappa shape index (κ3) is 6.06. The van der Waals surface area contributed by atoms with Gasteiger partial charge in [0.1, 0.15) is 5.75 Å². The van der Waals surface area contributed by atoms with E-state index in [0.29, 0.717) is 25.2 Å². The van der Waals surface area contributed by atoms with Crippen LogP contribution in [0.2, 0.25) is 0 Å². The fourth-order valence-electron chi connectivity index (χ4n) is 2.42. The maximum Gasteiger partial charge on any atom is 0.306 e. The Morgan fingerprint density at radius 2 is 2.05 bits per heavy atom. The SMILES string of the molecule is CCCCCC(O)c1cc(CCC(=O)OCC)ccc1OC. The molecule has 0 aliphatic carbocycles. The summed E-state index contributed by atoms with van der Waals surface area (Å²) in [5, 5.41) is 10.4. The van der Waals surface area contributed by atoms with Crippen molar-refractivity contribution in [3.8, 4) is 5.75 Å². The van der Waals surface area contributed by atoms with Gasteiger partial charge in [-0.05, 0) is 37.5 Å². The lowest BCUT2D eigenvalue weighted by atomic mass is 9.98. The second-order valence-corrected chi connectivity index (χ2v) is 5.39. The van der Waals surface area contributed by atoms with E-state index in [1.807, 2.05) is 18.2 Å². The number of methoxy groups -OCH3 is 1. The smallest absolute Gasteiger partial charge is 0.306 e. The van der Waals surface area contributed by atoms with Crippen LogP contribution in [0.5, 0.6) is 5.75 Å². The first kappa shape index (κ1) is 18.5. The van der Waals surface area contributed by atoms with Crippen LogP contribution in [0.3, 0.4) is 0 Å². The summed E-state index contributed by atoms with van der Waals surface area (Å²) in [5.74, 6) is 0.507. The molecule has 0 fully saturated rings. The predicted molar refractivity (Wildman–Crippen MR) is 87.0 cm³/mol. The fourth-order valence-corrected chi connectivity index (χ4v) is 2.42. The van der Waals surface area contributed by atoms with Crippen molar-refractivity contribution in [2.45, 2.75) is 58.5 Å². The lowest BCUT2D eigenvalue weighted by molar-refractivity contribution is -0.143. The molecule has 1 aromatic carbocycles. The number of benzene rings is 1. The van der Waals surface area contributed by atoms with Gasteiger partial charge >= 0.3 is 5.97 Å². The van der Waals surface area contributed by atoms with E-state index in [-0.39, 0.29) is 5.97 Å². The van der Waals surface area contributed by atoms with Gasteiger partial charge in [0, 0.05) is 12.0 Å². The molecule has 0 saturated heterocycles. The number of carbonyl (C=O) groups is 1. The molecule has 0 aromatic heterocycles. The Kier molecular flexibility index (Phi) is 8.60. The molecule has 0 radical (unpaired) electrons. The molecule has 4 nitrogen and oxygen atoms in total. The highest BCUT2D eigenvalue weighted by Gasteiger charge is 2.14. The standard InChI is InChI=1S/C18H28O4/c1-4-6-7-8-16(19)15-13-14(9-11-17(15)21-3)10-12-18(20)22-5-2/h9,11,13,16,19H,4-8,10,12H2,1-3H3. The van der Waals surface area contributed by atoms with Gasteiger partial charge in [0.15, 0.2) is 0 Å². The molecule has 0 saturated carbocycles. The van der Waals surface area contributed by atoms with Crippen LogP contribution >= 0.6 is 0 Å². The molecule has 0 aliphatic rings. The van der Waals surface area contributed by atoms with Crippen molar-refractivity contribution in [2.24, 2.45) is 0 Å². The minimum atomic E-state index is -0.524.